The Kier molecular flexibility index (Phi) is 8.96. The van der Waals surface area contributed by atoms with Gasteiger partial charge in [-0.2, -0.15) is 0 Å². The van der Waals surface area contributed by atoms with Gasteiger partial charge < -0.3 is 4.74 Å². The summed E-state index contributed by atoms with van der Waals surface area (Å²) in [6, 6.07) is 0. The molecular weight excluding hydrogens is 484 g/mol. The van der Waals surface area contributed by atoms with Gasteiger partial charge in [-0.05, 0) is 92.3 Å². The minimum Gasteiger partial charge on any atom is -0.461 e. The summed E-state index contributed by atoms with van der Waals surface area (Å²) in [7, 11) is 0. The van der Waals surface area contributed by atoms with Crippen molar-refractivity contribution in [3.05, 3.63) is 11.6 Å². The molecule has 0 spiro atoms. The quantitative estimate of drug-likeness (QED) is 0.121. The third-order valence-electron chi connectivity index (χ3n) is 11.1. The van der Waals surface area contributed by atoms with Crippen LogP contribution >= 0.6 is 15.9 Å². The fourth-order valence-electron chi connectivity index (χ4n) is 8.89. The van der Waals surface area contributed by atoms with Crippen molar-refractivity contribution in [3.8, 4) is 0 Å². The molecule has 3 saturated carbocycles. The minimum absolute atomic E-state index is 0.0683. The van der Waals surface area contributed by atoms with Crippen LogP contribution in [0.1, 0.15) is 130 Å². The highest BCUT2D eigenvalue weighted by molar-refractivity contribution is 9.10. The number of unbranched alkanes of at least 4 members (excludes halogenated alkanes) is 5. The fourth-order valence-corrected chi connectivity index (χ4v) is 8.99. The number of fused-ring (bicyclic) bond motifs is 5. The van der Waals surface area contributed by atoms with Gasteiger partial charge in [0.05, 0.1) is 0 Å². The zero-order valence-electron chi connectivity index (χ0n) is 22.5. The topological polar surface area (TPSA) is 26.3 Å². The molecule has 0 aromatic carbocycles. The van der Waals surface area contributed by atoms with Gasteiger partial charge in [0.25, 0.3) is 0 Å². The van der Waals surface area contributed by atoms with Crippen molar-refractivity contribution in [2.24, 2.45) is 34.5 Å². The first-order valence-electron chi connectivity index (χ1n) is 14.9. The lowest BCUT2D eigenvalue weighted by atomic mass is 9.47. The van der Waals surface area contributed by atoms with Crippen molar-refractivity contribution in [1.29, 1.82) is 0 Å². The number of ether oxygens (including phenoxy) is 1. The summed E-state index contributed by atoms with van der Waals surface area (Å²) in [5.41, 5.74) is 2.54. The molecule has 3 fully saturated rings. The third kappa shape index (κ3) is 5.21. The number of halogens is 1. The molecule has 0 aromatic rings. The van der Waals surface area contributed by atoms with Crippen LogP contribution in [0.4, 0.5) is 0 Å². The van der Waals surface area contributed by atoms with E-state index < -0.39 is 0 Å². The van der Waals surface area contributed by atoms with Gasteiger partial charge in [0.2, 0.25) is 0 Å². The maximum atomic E-state index is 12.4. The molecule has 0 aromatic heterocycles. The van der Waals surface area contributed by atoms with Gasteiger partial charge in [-0.1, -0.05) is 93.8 Å². The highest BCUT2D eigenvalue weighted by atomic mass is 79.9. The van der Waals surface area contributed by atoms with Gasteiger partial charge in [-0.15, -0.1) is 0 Å². The lowest BCUT2D eigenvalue weighted by Crippen LogP contribution is -2.50. The van der Waals surface area contributed by atoms with Crippen molar-refractivity contribution in [2.45, 2.75) is 141 Å². The summed E-state index contributed by atoms with van der Waals surface area (Å²) >= 11 is 3.47. The summed E-state index contributed by atoms with van der Waals surface area (Å²) < 4.78 is 5.92. The van der Waals surface area contributed by atoms with Gasteiger partial charge in [0.1, 0.15) is 10.9 Å². The highest BCUT2D eigenvalue weighted by Crippen LogP contribution is 2.66. The second kappa shape index (κ2) is 11.4. The molecule has 4 aliphatic carbocycles. The zero-order chi connectivity index (χ0) is 24.3. The summed E-state index contributed by atoms with van der Waals surface area (Å²) in [5, 5.41) is 0. The van der Waals surface area contributed by atoms with E-state index in [-0.39, 0.29) is 16.9 Å². The van der Waals surface area contributed by atoms with Crippen molar-refractivity contribution < 1.29 is 9.53 Å². The van der Waals surface area contributed by atoms with Gasteiger partial charge in [0.15, 0.2) is 0 Å². The largest absolute Gasteiger partial charge is 0.461 e. The lowest BCUT2D eigenvalue weighted by molar-refractivity contribution is -0.150. The summed E-state index contributed by atoms with van der Waals surface area (Å²) in [6.07, 6.45) is 23.8. The molecule has 0 radical (unpaired) electrons. The van der Waals surface area contributed by atoms with Gasteiger partial charge in [-0.3, -0.25) is 4.79 Å². The average molecular weight is 536 g/mol. The molecular formula is C31H51BrO2. The number of alkyl halides is 1. The highest BCUT2D eigenvalue weighted by Gasteiger charge is 2.58. The van der Waals surface area contributed by atoms with Crippen LogP contribution in [0.3, 0.4) is 0 Å². The third-order valence-corrected chi connectivity index (χ3v) is 12.1. The van der Waals surface area contributed by atoms with Crippen LogP contribution in [0.25, 0.3) is 0 Å². The van der Waals surface area contributed by atoms with Crippen LogP contribution < -0.4 is 0 Å². The first kappa shape index (κ1) is 26.7. The van der Waals surface area contributed by atoms with E-state index in [9.17, 15) is 4.79 Å². The molecule has 34 heavy (non-hydrogen) atoms. The van der Waals surface area contributed by atoms with Crippen LogP contribution in [-0.2, 0) is 9.53 Å². The predicted molar refractivity (Wildman–Crippen MR) is 146 cm³/mol. The van der Waals surface area contributed by atoms with E-state index in [1.165, 1.54) is 83.5 Å². The van der Waals surface area contributed by atoms with Crippen molar-refractivity contribution in [2.75, 3.05) is 0 Å². The molecule has 194 valence electrons. The molecule has 4 rings (SSSR count). The number of carbonyl (C=O) groups is 1. The molecule has 0 aliphatic heterocycles. The molecule has 0 amide bonds. The molecule has 0 saturated heterocycles. The molecule has 0 N–H and O–H groups in total. The average Bonchev–Trinajstić information content (AvgIpc) is 3.17. The van der Waals surface area contributed by atoms with E-state index >= 15 is 0 Å². The Labute approximate surface area is 218 Å². The van der Waals surface area contributed by atoms with Crippen molar-refractivity contribution in [3.63, 3.8) is 0 Å². The van der Waals surface area contributed by atoms with E-state index in [0.29, 0.717) is 10.8 Å². The number of carbonyl (C=O) groups excluding carboxylic acids is 1. The van der Waals surface area contributed by atoms with E-state index in [2.05, 4.69) is 42.8 Å². The molecule has 0 bridgehead atoms. The Morgan fingerprint density at radius 1 is 1.03 bits per heavy atom. The SMILES string of the molecule is CCCCCCCC[C@@H]1CC[C@H]2[C@H]3CC=C4C[C@@H](OC(=O)[C@H](Br)CC)CC[C@]4(C)[C@@H]3CC[C@]12C. The number of hydrogen-bond acceptors (Lipinski definition) is 2. The van der Waals surface area contributed by atoms with E-state index in [1.807, 2.05) is 6.92 Å². The fraction of sp³-hybridized carbons (Fsp3) is 0.903. The molecule has 3 heteroatoms. The number of rotatable bonds is 10. The standard InChI is InChI=1S/C31H51BrO2/c1-5-7-8-9-10-11-12-22-14-16-26-25-15-13-23-21-24(34-29(33)28(32)6-2)17-19-31(23,4)27(25)18-20-30(22,26)3/h13,22,24-28H,5-12,14-21H2,1-4H3/t22-,24+,25-,26+,27-,28-,30-,31+/m1/s1. The lowest BCUT2D eigenvalue weighted by Gasteiger charge is -2.58. The van der Waals surface area contributed by atoms with Gasteiger partial charge in [0, 0.05) is 6.42 Å². The van der Waals surface area contributed by atoms with Crippen LogP contribution in [0.2, 0.25) is 0 Å². The summed E-state index contributed by atoms with van der Waals surface area (Å²) in [6.45, 7) is 9.59. The second-order valence-corrected chi connectivity index (χ2v) is 13.9. The van der Waals surface area contributed by atoms with Crippen LogP contribution in [0, 0.1) is 34.5 Å². The van der Waals surface area contributed by atoms with E-state index in [1.54, 1.807) is 5.57 Å². The van der Waals surface area contributed by atoms with Crippen LogP contribution in [0.5, 0.6) is 0 Å². The molecule has 0 heterocycles. The van der Waals surface area contributed by atoms with Crippen molar-refractivity contribution in [1.82, 2.24) is 0 Å². The van der Waals surface area contributed by atoms with E-state index in [0.717, 1.165) is 42.9 Å². The van der Waals surface area contributed by atoms with Gasteiger partial charge >= 0.3 is 5.97 Å². The van der Waals surface area contributed by atoms with Crippen LogP contribution in [0.15, 0.2) is 11.6 Å². The van der Waals surface area contributed by atoms with E-state index in [4.69, 9.17) is 4.74 Å². The minimum atomic E-state index is -0.159. The Morgan fingerprint density at radius 2 is 1.79 bits per heavy atom. The molecule has 0 unspecified atom stereocenters. The normalized spacial score (nSPS) is 40.0. The smallest absolute Gasteiger partial charge is 0.319 e. The Morgan fingerprint density at radius 3 is 2.56 bits per heavy atom. The first-order chi connectivity index (χ1) is 16.3. The Hall–Kier alpha value is -0.310. The Bertz CT molecular complexity index is 731. The first-order valence-corrected chi connectivity index (χ1v) is 15.8. The maximum absolute atomic E-state index is 12.4. The molecule has 2 nitrogen and oxygen atoms in total. The predicted octanol–water partition coefficient (Wildman–Crippen LogP) is 9.40. The maximum Gasteiger partial charge on any atom is 0.319 e. The van der Waals surface area contributed by atoms with Crippen molar-refractivity contribution >= 4 is 21.9 Å². The van der Waals surface area contributed by atoms with Crippen LogP contribution in [-0.4, -0.2) is 16.9 Å². The Balaban J connectivity index is 1.37. The second-order valence-electron chi connectivity index (χ2n) is 12.8. The molecule has 4 aliphatic rings. The number of esters is 1. The monoisotopic (exact) mass is 534 g/mol. The number of allylic oxidation sites excluding steroid dienone is 1. The van der Waals surface area contributed by atoms with Gasteiger partial charge in [-0.25, -0.2) is 0 Å². The number of hydrogen-bond donors (Lipinski definition) is 0. The summed E-state index contributed by atoms with van der Waals surface area (Å²) in [5.74, 6) is 3.55. The summed E-state index contributed by atoms with van der Waals surface area (Å²) in [4.78, 5) is 12.2. The zero-order valence-corrected chi connectivity index (χ0v) is 24.1. The molecule has 8 atom stereocenters.